The van der Waals surface area contributed by atoms with Crippen molar-refractivity contribution in [2.75, 3.05) is 5.32 Å². The van der Waals surface area contributed by atoms with Crippen LogP contribution in [-0.4, -0.2) is 25.6 Å². The topological polar surface area (TPSA) is 107 Å². The summed E-state index contributed by atoms with van der Waals surface area (Å²) in [4.78, 5) is 40.7. The van der Waals surface area contributed by atoms with Gasteiger partial charge in [0.15, 0.2) is 5.16 Å². The number of halogens is 1. The molecular formula is C21H21ClN4O4S. The number of hydrogen-bond acceptors (Lipinski definition) is 6. The fourth-order valence-electron chi connectivity index (χ4n) is 2.94. The molecule has 3 aromatic rings. The molecule has 1 aromatic heterocycles. The van der Waals surface area contributed by atoms with Gasteiger partial charge in [0, 0.05) is 18.2 Å². The predicted molar refractivity (Wildman–Crippen MR) is 123 cm³/mol. The summed E-state index contributed by atoms with van der Waals surface area (Å²) in [5, 5.41) is 14.0. The number of rotatable bonds is 7. The number of nitrogens with zero attached hydrogens (tertiary/aromatic N) is 3. The minimum atomic E-state index is -0.602. The lowest BCUT2D eigenvalue weighted by Crippen LogP contribution is -2.28. The van der Waals surface area contributed by atoms with Gasteiger partial charge in [0.2, 0.25) is 5.91 Å². The summed E-state index contributed by atoms with van der Waals surface area (Å²) in [5.41, 5.74) is 0.535. The minimum Gasteiger partial charge on any atom is -0.324 e. The number of hydrogen-bond donors (Lipinski definition) is 1. The van der Waals surface area contributed by atoms with Crippen LogP contribution in [-0.2, 0) is 4.79 Å². The molecule has 8 nitrogen and oxygen atoms in total. The molecular weight excluding hydrogens is 440 g/mol. The number of para-hydroxylation sites is 1. The largest absolute Gasteiger partial charge is 0.324 e. The fraction of sp³-hybridized carbons (Fsp3) is 0.286. The number of carbonyl (C=O) groups is 1. The monoisotopic (exact) mass is 460 g/mol. The molecule has 31 heavy (non-hydrogen) atoms. The Bertz CT molecular complexity index is 1210. The Kier molecular flexibility index (Phi) is 6.97. The van der Waals surface area contributed by atoms with Crippen molar-refractivity contribution in [3.8, 4) is 0 Å². The summed E-state index contributed by atoms with van der Waals surface area (Å²) in [6, 6.07) is 10.9. The lowest BCUT2D eigenvalue weighted by atomic mass is 10.2. The molecule has 0 aliphatic heterocycles. The van der Waals surface area contributed by atoms with Gasteiger partial charge in [-0.2, -0.15) is 0 Å². The Morgan fingerprint density at radius 1 is 1.29 bits per heavy atom. The minimum absolute atomic E-state index is 0.0695. The Labute approximate surface area is 187 Å². The summed E-state index contributed by atoms with van der Waals surface area (Å²) < 4.78 is 1.62. The first-order valence-corrected chi connectivity index (χ1v) is 10.9. The van der Waals surface area contributed by atoms with Gasteiger partial charge in [-0.1, -0.05) is 42.4 Å². The number of fused-ring (bicyclic) bond motifs is 1. The number of aromatic nitrogens is 2. The molecule has 1 N–H and O–H groups in total. The van der Waals surface area contributed by atoms with E-state index in [1.165, 1.54) is 30.0 Å². The molecule has 10 heteroatoms. The van der Waals surface area contributed by atoms with Crippen molar-refractivity contribution in [3.05, 3.63) is 68.0 Å². The maximum atomic E-state index is 13.1. The fourth-order valence-corrected chi connectivity index (χ4v) is 4.18. The Hall–Kier alpha value is -2.91. The van der Waals surface area contributed by atoms with E-state index >= 15 is 0 Å². The zero-order valence-corrected chi connectivity index (χ0v) is 18.7. The highest BCUT2D eigenvalue weighted by Gasteiger charge is 2.22. The van der Waals surface area contributed by atoms with Crippen LogP contribution in [0, 0.1) is 10.1 Å². The van der Waals surface area contributed by atoms with E-state index in [1.807, 2.05) is 19.9 Å². The maximum absolute atomic E-state index is 13.1. The first kappa shape index (κ1) is 22.8. The van der Waals surface area contributed by atoms with Gasteiger partial charge in [-0.05, 0) is 38.5 Å². The number of carbonyl (C=O) groups excluding carboxylic acids is 1. The molecule has 3 rings (SSSR count). The molecule has 162 valence electrons. The SMILES string of the molecule is CCC(C)n1c(SC(C)C(=O)Nc2ccc([N+](=O)[O-])cc2Cl)nc2ccccc2c1=O. The molecule has 0 spiro atoms. The van der Waals surface area contributed by atoms with Gasteiger partial charge in [-0.15, -0.1) is 0 Å². The van der Waals surface area contributed by atoms with Crippen LogP contribution in [0.1, 0.15) is 33.2 Å². The first-order valence-electron chi connectivity index (χ1n) is 9.65. The summed E-state index contributed by atoms with van der Waals surface area (Å²) in [6.45, 7) is 5.61. The molecule has 0 fully saturated rings. The Morgan fingerprint density at radius 3 is 2.65 bits per heavy atom. The number of benzene rings is 2. The van der Waals surface area contributed by atoms with Crippen molar-refractivity contribution < 1.29 is 9.72 Å². The van der Waals surface area contributed by atoms with Crippen molar-refractivity contribution in [2.24, 2.45) is 0 Å². The van der Waals surface area contributed by atoms with Crippen molar-refractivity contribution in [3.63, 3.8) is 0 Å². The number of non-ortho nitro benzene ring substituents is 1. The number of nitro groups is 1. The molecule has 0 saturated carbocycles. The van der Waals surface area contributed by atoms with Crippen molar-refractivity contribution >= 4 is 51.5 Å². The van der Waals surface area contributed by atoms with Crippen molar-refractivity contribution in [1.29, 1.82) is 0 Å². The lowest BCUT2D eigenvalue weighted by molar-refractivity contribution is -0.384. The van der Waals surface area contributed by atoms with E-state index in [1.54, 1.807) is 29.7 Å². The zero-order valence-electron chi connectivity index (χ0n) is 17.2. The van der Waals surface area contributed by atoms with E-state index in [0.29, 0.717) is 16.1 Å². The second-order valence-corrected chi connectivity index (χ2v) is 8.73. The lowest BCUT2D eigenvalue weighted by Gasteiger charge is -2.20. The van der Waals surface area contributed by atoms with Gasteiger partial charge >= 0.3 is 0 Å². The molecule has 2 atom stereocenters. The third-order valence-corrected chi connectivity index (χ3v) is 6.26. The maximum Gasteiger partial charge on any atom is 0.271 e. The average Bonchev–Trinajstić information content (AvgIpc) is 2.74. The second kappa shape index (κ2) is 9.49. The normalized spacial score (nSPS) is 13.0. The molecule has 1 amide bonds. The highest BCUT2D eigenvalue weighted by Crippen LogP contribution is 2.29. The summed E-state index contributed by atoms with van der Waals surface area (Å²) in [7, 11) is 0. The van der Waals surface area contributed by atoms with E-state index < -0.39 is 10.2 Å². The van der Waals surface area contributed by atoms with Crippen LogP contribution >= 0.6 is 23.4 Å². The van der Waals surface area contributed by atoms with Gasteiger partial charge in [0.05, 0.1) is 31.8 Å². The van der Waals surface area contributed by atoms with Crippen LogP contribution in [0.25, 0.3) is 10.9 Å². The van der Waals surface area contributed by atoms with Crippen LogP contribution in [0.15, 0.2) is 52.4 Å². The van der Waals surface area contributed by atoms with Crippen LogP contribution in [0.5, 0.6) is 0 Å². The van der Waals surface area contributed by atoms with Crippen LogP contribution in [0.3, 0.4) is 0 Å². The molecule has 0 aliphatic carbocycles. The molecule has 2 aromatic carbocycles. The molecule has 0 saturated heterocycles. The van der Waals surface area contributed by atoms with E-state index in [-0.39, 0.29) is 33.9 Å². The number of amides is 1. The predicted octanol–water partition coefficient (Wildman–Crippen LogP) is 5.05. The van der Waals surface area contributed by atoms with Crippen LogP contribution < -0.4 is 10.9 Å². The third kappa shape index (κ3) is 4.88. The standard InChI is InChI=1S/C21H21ClN4O4S/c1-4-12(2)25-20(28)15-7-5-6-8-17(15)24-21(25)31-13(3)19(27)23-18-10-9-14(26(29)30)11-16(18)22/h5-13H,4H2,1-3H3,(H,23,27). The number of nitro benzene ring substituents is 1. The Morgan fingerprint density at radius 2 is 2.00 bits per heavy atom. The van der Waals surface area contributed by atoms with Gasteiger partial charge in [-0.25, -0.2) is 4.98 Å². The first-order chi connectivity index (χ1) is 14.7. The zero-order chi connectivity index (χ0) is 22.7. The highest BCUT2D eigenvalue weighted by atomic mass is 35.5. The highest BCUT2D eigenvalue weighted by molar-refractivity contribution is 8.00. The number of anilines is 1. The van der Waals surface area contributed by atoms with E-state index in [9.17, 15) is 19.7 Å². The van der Waals surface area contributed by atoms with Gasteiger partial charge in [-0.3, -0.25) is 24.3 Å². The summed E-state index contributed by atoms with van der Waals surface area (Å²) >= 11 is 7.24. The van der Waals surface area contributed by atoms with Gasteiger partial charge in [0.25, 0.3) is 11.2 Å². The third-order valence-electron chi connectivity index (χ3n) is 4.88. The van der Waals surface area contributed by atoms with Crippen molar-refractivity contribution in [2.45, 2.75) is 43.6 Å². The number of thioether (sulfide) groups is 1. The second-order valence-electron chi connectivity index (χ2n) is 7.01. The molecule has 0 radical (unpaired) electrons. The van der Waals surface area contributed by atoms with E-state index in [2.05, 4.69) is 10.3 Å². The molecule has 1 heterocycles. The van der Waals surface area contributed by atoms with Crippen molar-refractivity contribution in [1.82, 2.24) is 9.55 Å². The van der Waals surface area contributed by atoms with E-state index in [0.717, 1.165) is 6.42 Å². The quantitative estimate of drug-likeness (QED) is 0.229. The smallest absolute Gasteiger partial charge is 0.271 e. The van der Waals surface area contributed by atoms with Gasteiger partial charge in [0.1, 0.15) is 0 Å². The molecule has 2 unspecified atom stereocenters. The van der Waals surface area contributed by atoms with Crippen LogP contribution in [0.2, 0.25) is 5.02 Å². The Balaban J connectivity index is 1.89. The van der Waals surface area contributed by atoms with Crippen LogP contribution in [0.4, 0.5) is 11.4 Å². The summed E-state index contributed by atoms with van der Waals surface area (Å²) in [5.74, 6) is -0.362. The van der Waals surface area contributed by atoms with Gasteiger partial charge < -0.3 is 5.32 Å². The molecule has 0 aliphatic rings. The molecule has 0 bridgehead atoms. The average molecular weight is 461 g/mol. The van der Waals surface area contributed by atoms with E-state index in [4.69, 9.17) is 11.6 Å². The number of nitrogens with one attached hydrogen (secondary N) is 1. The summed E-state index contributed by atoms with van der Waals surface area (Å²) in [6.07, 6.45) is 0.729.